The Morgan fingerprint density at radius 1 is 1.12 bits per heavy atom. The smallest absolute Gasteiger partial charge is 0.320 e. The van der Waals surface area contributed by atoms with Crippen molar-refractivity contribution in [1.82, 2.24) is 19.6 Å². The quantitative estimate of drug-likeness (QED) is 0.761. The summed E-state index contributed by atoms with van der Waals surface area (Å²) in [5.74, 6) is 0. The van der Waals surface area contributed by atoms with Gasteiger partial charge < -0.3 is 14.5 Å². The molecule has 0 radical (unpaired) electrons. The van der Waals surface area contributed by atoms with Crippen LogP contribution in [0.2, 0.25) is 0 Å². The van der Waals surface area contributed by atoms with Crippen molar-refractivity contribution >= 4 is 6.03 Å². The molecule has 0 aromatic rings. The minimum Gasteiger partial charge on any atom is -0.374 e. The molecule has 0 aliphatic carbocycles. The molecule has 2 aliphatic heterocycles. The third-order valence-corrected chi connectivity index (χ3v) is 5.21. The monoisotopic (exact) mass is 340 g/mol. The van der Waals surface area contributed by atoms with E-state index in [2.05, 4.69) is 44.4 Å². The van der Waals surface area contributed by atoms with Crippen molar-refractivity contribution in [2.24, 2.45) is 0 Å². The van der Waals surface area contributed by atoms with Crippen molar-refractivity contribution in [3.05, 3.63) is 0 Å². The largest absolute Gasteiger partial charge is 0.374 e. The first-order valence-electron chi connectivity index (χ1n) is 9.55. The van der Waals surface area contributed by atoms with Crippen LogP contribution in [0.1, 0.15) is 34.6 Å². The highest BCUT2D eigenvalue weighted by atomic mass is 16.5. The van der Waals surface area contributed by atoms with Crippen molar-refractivity contribution in [2.45, 2.75) is 52.8 Å². The van der Waals surface area contributed by atoms with E-state index in [4.69, 9.17) is 4.74 Å². The molecule has 2 aliphatic rings. The zero-order valence-corrected chi connectivity index (χ0v) is 16.2. The average molecular weight is 341 g/mol. The van der Waals surface area contributed by atoms with Gasteiger partial charge in [-0.2, -0.15) is 0 Å². The third kappa shape index (κ3) is 5.07. The molecule has 0 aromatic heterocycles. The lowest BCUT2D eigenvalue weighted by Crippen LogP contribution is -2.56. The number of amides is 2. The summed E-state index contributed by atoms with van der Waals surface area (Å²) in [6, 6.07) is 1.03. The van der Waals surface area contributed by atoms with Gasteiger partial charge in [-0.3, -0.25) is 9.80 Å². The third-order valence-electron chi connectivity index (χ3n) is 5.21. The van der Waals surface area contributed by atoms with Crippen molar-refractivity contribution in [3.63, 3.8) is 0 Å². The molecule has 2 saturated heterocycles. The molecule has 0 aromatic carbocycles. The molecule has 2 rings (SSSR count). The minimum atomic E-state index is 0.187. The normalized spacial score (nSPS) is 24.0. The van der Waals surface area contributed by atoms with Crippen LogP contribution in [-0.2, 0) is 4.74 Å². The Morgan fingerprint density at radius 2 is 1.79 bits per heavy atom. The number of hydrogen-bond donors (Lipinski definition) is 0. The van der Waals surface area contributed by atoms with Crippen LogP contribution in [0.25, 0.3) is 0 Å². The zero-order chi connectivity index (χ0) is 17.7. The van der Waals surface area contributed by atoms with Gasteiger partial charge in [0.05, 0.1) is 12.7 Å². The number of urea groups is 1. The second-order valence-electron chi connectivity index (χ2n) is 7.53. The van der Waals surface area contributed by atoms with Crippen LogP contribution < -0.4 is 0 Å². The fraction of sp³-hybridized carbons (Fsp3) is 0.944. The standard InChI is InChI=1S/C18H36N4O2/c1-6-22(16(4)5)18(23)20-9-7-19(8-10-20)13-17-14-21(15(2)3)11-12-24-17/h15-17H,6-14H2,1-5H3/t17-/m0/s1. The van der Waals surface area contributed by atoms with Gasteiger partial charge in [0.1, 0.15) is 0 Å². The second kappa shape index (κ2) is 9.02. The highest BCUT2D eigenvalue weighted by Gasteiger charge is 2.29. The van der Waals surface area contributed by atoms with E-state index in [1.807, 2.05) is 9.80 Å². The van der Waals surface area contributed by atoms with Gasteiger partial charge in [-0.25, -0.2) is 4.79 Å². The molecule has 1 atom stereocenters. The Hall–Kier alpha value is -0.850. The van der Waals surface area contributed by atoms with E-state index in [1.54, 1.807) is 0 Å². The lowest BCUT2D eigenvalue weighted by atomic mass is 10.2. The summed E-state index contributed by atoms with van der Waals surface area (Å²) in [6.45, 7) is 18.9. The van der Waals surface area contributed by atoms with Gasteiger partial charge >= 0.3 is 6.03 Å². The lowest BCUT2D eigenvalue weighted by molar-refractivity contribution is -0.0555. The summed E-state index contributed by atoms with van der Waals surface area (Å²) in [7, 11) is 0. The molecule has 2 heterocycles. The number of morpholine rings is 1. The van der Waals surface area contributed by atoms with Gasteiger partial charge in [0, 0.05) is 64.4 Å². The maximum atomic E-state index is 12.6. The van der Waals surface area contributed by atoms with Crippen molar-refractivity contribution < 1.29 is 9.53 Å². The predicted octanol–water partition coefficient (Wildman–Crippen LogP) is 1.56. The van der Waals surface area contributed by atoms with Crippen molar-refractivity contribution in [1.29, 1.82) is 0 Å². The molecular weight excluding hydrogens is 304 g/mol. The van der Waals surface area contributed by atoms with Gasteiger partial charge in [0.15, 0.2) is 0 Å². The first-order chi connectivity index (χ1) is 11.4. The Labute approximate surface area is 147 Å². The molecule has 6 nitrogen and oxygen atoms in total. The van der Waals surface area contributed by atoms with Crippen LogP contribution in [0.4, 0.5) is 4.79 Å². The van der Waals surface area contributed by atoms with Gasteiger partial charge in [-0.05, 0) is 34.6 Å². The highest BCUT2D eigenvalue weighted by molar-refractivity contribution is 5.74. The molecular formula is C18H36N4O2. The van der Waals surface area contributed by atoms with Gasteiger partial charge in [-0.1, -0.05) is 0 Å². The first kappa shape index (κ1) is 19.5. The van der Waals surface area contributed by atoms with E-state index in [9.17, 15) is 4.79 Å². The van der Waals surface area contributed by atoms with Crippen LogP contribution in [0.15, 0.2) is 0 Å². The molecule has 2 amide bonds. The van der Waals surface area contributed by atoms with Crippen LogP contribution >= 0.6 is 0 Å². The Bertz CT molecular complexity index is 394. The maximum absolute atomic E-state index is 12.6. The van der Waals surface area contributed by atoms with E-state index in [0.717, 1.165) is 59.0 Å². The van der Waals surface area contributed by atoms with Crippen LogP contribution in [0.3, 0.4) is 0 Å². The number of piperazine rings is 1. The molecule has 0 spiro atoms. The Morgan fingerprint density at radius 3 is 2.33 bits per heavy atom. The second-order valence-corrected chi connectivity index (χ2v) is 7.53. The van der Waals surface area contributed by atoms with Crippen LogP contribution in [0, 0.1) is 0 Å². The Balaban J connectivity index is 1.77. The van der Waals surface area contributed by atoms with Crippen molar-refractivity contribution in [3.8, 4) is 0 Å². The van der Waals surface area contributed by atoms with E-state index >= 15 is 0 Å². The number of ether oxygens (including phenoxy) is 1. The lowest BCUT2D eigenvalue weighted by Gasteiger charge is -2.41. The fourth-order valence-corrected chi connectivity index (χ4v) is 3.63. The summed E-state index contributed by atoms with van der Waals surface area (Å²) < 4.78 is 5.95. The number of rotatable bonds is 5. The summed E-state index contributed by atoms with van der Waals surface area (Å²) in [4.78, 5) is 21.5. The van der Waals surface area contributed by atoms with E-state index in [0.29, 0.717) is 12.1 Å². The molecule has 6 heteroatoms. The summed E-state index contributed by atoms with van der Waals surface area (Å²) >= 11 is 0. The van der Waals surface area contributed by atoms with E-state index in [1.165, 1.54) is 0 Å². The number of carbonyl (C=O) groups is 1. The van der Waals surface area contributed by atoms with Gasteiger partial charge in [0.2, 0.25) is 0 Å². The van der Waals surface area contributed by atoms with Gasteiger partial charge in [-0.15, -0.1) is 0 Å². The fourth-order valence-electron chi connectivity index (χ4n) is 3.63. The zero-order valence-electron chi connectivity index (χ0n) is 16.2. The summed E-state index contributed by atoms with van der Waals surface area (Å²) in [5, 5.41) is 0. The SMILES string of the molecule is CCN(C(=O)N1CCN(C[C@H]2CN(C(C)C)CCO2)CC1)C(C)C. The number of carbonyl (C=O) groups excluding carboxylic acids is 1. The summed E-state index contributed by atoms with van der Waals surface area (Å²) in [5.41, 5.74) is 0. The minimum absolute atomic E-state index is 0.187. The highest BCUT2D eigenvalue weighted by Crippen LogP contribution is 2.13. The van der Waals surface area contributed by atoms with Crippen LogP contribution in [-0.4, -0.2) is 103 Å². The molecule has 0 saturated carbocycles. The van der Waals surface area contributed by atoms with Gasteiger partial charge in [0.25, 0.3) is 0 Å². The molecule has 0 N–H and O–H groups in total. The predicted molar refractivity (Wildman–Crippen MR) is 97.4 cm³/mol. The summed E-state index contributed by atoms with van der Waals surface area (Å²) in [6.07, 6.45) is 0.297. The Kier molecular flexibility index (Phi) is 7.32. The molecule has 0 bridgehead atoms. The van der Waals surface area contributed by atoms with E-state index < -0.39 is 0 Å². The van der Waals surface area contributed by atoms with Crippen molar-refractivity contribution in [2.75, 3.05) is 59.0 Å². The topological polar surface area (TPSA) is 39.3 Å². The molecule has 0 unspecified atom stereocenters. The number of hydrogen-bond acceptors (Lipinski definition) is 4. The first-order valence-corrected chi connectivity index (χ1v) is 9.55. The molecule has 24 heavy (non-hydrogen) atoms. The molecule has 2 fully saturated rings. The van der Waals surface area contributed by atoms with Crippen LogP contribution in [0.5, 0.6) is 0 Å². The maximum Gasteiger partial charge on any atom is 0.320 e. The average Bonchev–Trinajstić information content (AvgIpc) is 2.56. The number of nitrogens with zero attached hydrogens (tertiary/aromatic N) is 4. The van der Waals surface area contributed by atoms with E-state index in [-0.39, 0.29) is 12.1 Å². The molecule has 140 valence electrons.